The first-order valence-corrected chi connectivity index (χ1v) is 9.24. The van der Waals surface area contributed by atoms with Crippen molar-refractivity contribution in [3.8, 4) is 0 Å². The number of nitrogens with one attached hydrogen (secondary N) is 1. The third kappa shape index (κ3) is 5.93. The van der Waals surface area contributed by atoms with E-state index in [0.717, 1.165) is 12.1 Å². The van der Waals surface area contributed by atoms with E-state index in [9.17, 15) is 22.8 Å². The molecule has 2 aromatic carbocycles. The zero-order valence-corrected chi connectivity index (χ0v) is 17.0. The topological polar surface area (TPSA) is 61.8 Å². The minimum atomic E-state index is -4.56. The Morgan fingerprint density at radius 1 is 1.20 bits per heavy atom. The van der Waals surface area contributed by atoms with Gasteiger partial charge in [-0.3, -0.25) is 9.59 Å². The Morgan fingerprint density at radius 3 is 2.50 bits per heavy atom. The fraction of sp³-hybridized carbons (Fsp3) is 0.190. The van der Waals surface area contributed by atoms with Gasteiger partial charge in [-0.2, -0.15) is 18.3 Å². The monoisotopic (exact) mass is 437 g/mol. The minimum absolute atomic E-state index is 0.132. The van der Waals surface area contributed by atoms with Gasteiger partial charge in [-0.25, -0.2) is 5.43 Å². The van der Waals surface area contributed by atoms with Gasteiger partial charge in [0.2, 0.25) is 0 Å². The van der Waals surface area contributed by atoms with Gasteiger partial charge in [0, 0.05) is 34.5 Å². The quantitative estimate of drug-likeness (QED) is 0.285. The molecule has 0 fully saturated rings. The molecule has 0 aromatic heterocycles. The molecule has 5 nitrogen and oxygen atoms in total. The molecule has 0 aliphatic rings. The van der Waals surface area contributed by atoms with Crippen LogP contribution in [0.4, 0.5) is 18.9 Å². The van der Waals surface area contributed by atoms with Crippen molar-refractivity contribution >= 4 is 35.7 Å². The summed E-state index contributed by atoms with van der Waals surface area (Å²) < 4.78 is 38.7. The van der Waals surface area contributed by atoms with Crippen molar-refractivity contribution < 1.29 is 22.8 Å². The average molecular weight is 438 g/mol. The van der Waals surface area contributed by atoms with Crippen LogP contribution in [-0.2, 0) is 11.0 Å². The lowest BCUT2D eigenvalue weighted by atomic mass is 10.1. The van der Waals surface area contributed by atoms with Gasteiger partial charge < -0.3 is 4.90 Å². The summed E-state index contributed by atoms with van der Waals surface area (Å²) in [5.41, 5.74) is 2.42. The van der Waals surface area contributed by atoms with Crippen molar-refractivity contribution in [2.45, 2.75) is 20.0 Å². The average Bonchev–Trinajstić information content (AvgIpc) is 2.72. The van der Waals surface area contributed by atoms with Crippen LogP contribution in [-0.4, -0.2) is 25.0 Å². The van der Waals surface area contributed by atoms with E-state index in [1.807, 2.05) is 0 Å². The number of hydrazone groups is 1. The van der Waals surface area contributed by atoms with E-state index in [1.54, 1.807) is 31.2 Å². The van der Waals surface area contributed by atoms with Gasteiger partial charge in [0.1, 0.15) is 0 Å². The summed E-state index contributed by atoms with van der Waals surface area (Å²) >= 11 is 6.00. The zero-order valence-electron chi connectivity index (χ0n) is 16.2. The maximum Gasteiger partial charge on any atom is 0.416 e. The van der Waals surface area contributed by atoms with Crippen LogP contribution < -0.4 is 10.3 Å². The van der Waals surface area contributed by atoms with Crippen LogP contribution in [0.5, 0.6) is 0 Å². The normalized spacial score (nSPS) is 12.1. The maximum absolute atomic E-state index is 12.9. The molecule has 0 aliphatic carbocycles. The van der Waals surface area contributed by atoms with Crippen LogP contribution in [0.3, 0.4) is 0 Å². The van der Waals surface area contributed by atoms with E-state index >= 15 is 0 Å². The SMILES string of the molecule is CCN(/C=C(\C)C(=O)N/N=C\c1ccccc1Cl)c1ccc(C(F)(F)F)cc1C=O. The highest BCUT2D eigenvalue weighted by atomic mass is 35.5. The Kier molecular flexibility index (Phi) is 7.77. The number of aldehydes is 1. The summed E-state index contributed by atoms with van der Waals surface area (Å²) in [6, 6.07) is 9.82. The molecule has 2 aromatic rings. The van der Waals surface area contributed by atoms with Crippen LogP contribution in [0, 0.1) is 0 Å². The van der Waals surface area contributed by atoms with Crippen LogP contribution in [0.25, 0.3) is 0 Å². The number of halogens is 4. The van der Waals surface area contributed by atoms with Gasteiger partial charge in [-0.1, -0.05) is 29.8 Å². The van der Waals surface area contributed by atoms with Crippen LogP contribution in [0.1, 0.15) is 35.3 Å². The molecule has 9 heteroatoms. The lowest BCUT2D eigenvalue weighted by Crippen LogP contribution is -2.23. The largest absolute Gasteiger partial charge is 0.416 e. The van der Waals surface area contributed by atoms with E-state index in [4.69, 9.17) is 11.6 Å². The van der Waals surface area contributed by atoms with Crippen LogP contribution >= 0.6 is 11.6 Å². The van der Waals surface area contributed by atoms with Gasteiger partial charge in [0.05, 0.1) is 17.5 Å². The predicted octanol–water partition coefficient (Wildman–Crippen LogP) is 5.05. The number of hydrogen-bond acceptors (Lipinski definition) is 4. The first-order valence-electron chi connectivity index (χ1n) is 8.86. The Hall–Kier alpha value is -3.13. The molecule has 0 saturated carbocycles. The van der Waals surface area contributed by atoms with Gasteiger partial charge in [-0.15, -0.1) is 0 Å². The molecule has 30 heavy (non-hydrogen) atoms. The maximum atomic E-state index is 12.9. The Balaban J connectivity index is 2.19. The van der Waals surface area contributed by atoms with Crippen molar-refractivity contribution in [3.05, 3.63) is 76.0 Å². The molecule has 0 spiro atoms. The molecule has 0 radical (unpaired) electrons. The highest BCUT2D eigenvalue weighted by Crippen LogP contribution is 2.32. The second-order valence-electron chi connectivity index (χ2n) is 6.21. The van der Waals surface area contributed by atoms with E-state index < -0.39 is 17.6 Å². The third-order valence-corrected chi connectivity index (χ3v) is 4.46. The minimum Gasteiger partial charge on any atom is -0.347 e. The van der Waals surface area contributed by atoms with Gasteiger partial charge in [-0.05, 0) is 38.1 Å². The van der Waals surface area contributed by atoms with Crippen molar-refractivity contribution in [2.75, 3.05) is 11.4 Å². The van der Waals surface area contributed by atoms with E-state index in [1.165, 1.54) is 30.3 Å². The number of carbonyl (C=O) groups is 2. The molecule has 1 amide bonds. The molecule has 158 valence electrons. The number of carbonyl (C=O) groups excluding carboxylic acids is 2. The fourth-order valence-electron chi connectivity index (χ4n) is 2.54. The number of nitrogens with zero attached hydrogens (tertiary/aromatic N) is 2. The second kappa shape index (κ2) is 10.1. The highest BCUT2D eigenvalue weighted by Gasteiger charge is 2.31. The fourth-order valence-corrected chi connectivity index (χ4v) is 2.72. The number of alkyl halides is 3. The van der Waals surface area contributed by atoms with Crippen LogP contribution in [0.15, 0.2) is 59.3 Å². The summed E-state index contributed by atoms with van der Waals surface area (Å²) in [6.45, 7) is 3.58. The summed E-state index contributed by atoms with van der Waals surface area (Å²) in [5, 5.41) is 4.33. The molecular formula is C21H19ClF3N3O2. The predicted molar refractivity (Wildman–Crippen MR) is 111 cm³/mol. The van der Waals surface area contributed by atoms with Gasteiger partial charge in [0.25, 0.3) is 5.91 Å². The number of rotatable bonds is 7. The Labute approximate surface area is 176 Å². The summed E-state index contributed by atoms with van der Waals surface area (Å²) in [6.07, 6.45) is -1.37. The number of amides is 1. The zero-order chi connectivity index (χ0) is 22.3. The lowest BCUT2D eigenvalue weighted by Gasteiger charge is -2.22. The molecule has 0 saturated heterocycles. The molecule has 0 atom stereocenters. The number of benzene rings is 2. The molecule has 0 bridgehead atoms. The van der Waals surface area contributed by atoms with Crippen molar-refractivity contribution in [1.29, 1.82) is 0 Å². The molecule has 1 N–H and O–H groups in total. The molecule has 0 aliphatic heterocycles. The number of anilines is 1. The summed E-state index contributed by atoms with van der Waals surface area (Å²) in [7, 11) is 0. The van der Waals surface area contributed by atoms with Gasteiger partial charge in [0.15, 0.2) is 6.29 Å². The van der Waals surface area contributed by atoms with Crippen LogP contribution in [0.2, 0.25) is 5.02 Å². The van der Waals surface area contributed by atoms with E-state index in [-0.39, 0.29) is 16.8 Å². The van der Waals surface area contributed by atoms with E-state index in [0.29, 0.717) is 23.4 Å². The molecular weight excluding hydrogens is 419 g/mol. The molecule has 0 heterocycles. The standard InChI is InChI=1S/C21H19ClF3N3O2/c1-3-28(19-9-8-17(21(23,24)25)10-16(19)13-29)12-14(2)20(30)27-26-11-15-6-4-5-7-18(15)22/h4-13H,3H2,1-2H3,(H,27,30)/b14-12+,26-11-. The lowest BCUT2D eigenvalue weighted by molar-refractivity contribution is -0.137. The summed E-state index contributed by atoms with van der Waals surface area (Å²) in [5.74, 6) is -0.517. The van der Waals surface area contributed by atoms with Gasteiger partial charge >= 0.3 is 6.18 Å². The molecule has 2 rings (SSSR count). The second-order valence-corrected chi connectivity index (χ2v) is 6.62. The first-order chi connectivity index (χ1) is 14.2. The first kappa shape index (κ1) is 23.2. The molecule has 0 unspecified atom stereocenters. The smallest absolute Gasteiger partial charge is 0.347 e. The van der Waals surface area contributed by atoms with Crippen molar-refractivity contribution in [3.63, 3.8) is 0 Å². The highest BCUT2D eigenvalue weighted by molar-refractivity contribution is 6.33. The van der Waals surface area contributed by atoms with Crippen molar-refractivity contribution in [2.24, 2.45) is 5.10 Å². The third-order valence-electron chi connectivity index (χ3n) is 4.11. The van der Waals surface area contributed by atoms with E-state index in [2.05, 4.69) is 10.5 Å². The summed E-state index contributed by atoms with van der Waals surface area (Å²) in [4.78, 5) is 25.1. The number of hydrogen-bond donors (Lipinski definition) is 1. The van der Waals surface area contributed by atoms with Crippen molar-refractivity contribution in [1.82, 2.24) is 5.43 Å². The Morgan fingerprint density at radius 2 is 1.90 bits per heavy atom. The Bertz CT molecular complexity index is 988.